The monoisotopic (exact) mass is 349 g/mol. The number of hydrogen-bond donors (Lipinski definition) is 1. The van der Waals surface area contributed by atoms with Crippen molar-refractivity contribution in [3.8, 4) is 0 Å². The van der Waals surface area contributed by atoms with E-state index in [1.165, 1.54) is 5.51 Å². The largest absolute Gasteiger partial charge is 0.287 e. The van der Waals surface area contributed by atoms with Gasteiger partial charge in [-0.15, -0.1) is 22.9 Å². The van der Waals surface area contributed by atoms with Crippen molar-refractivity contribution in [2.24, 2.45) is 0 Å². The lowest BCUT2D eigenvalue weighted by atomic mass is 10.3. The van der Waals surface area contributed by atoms with E-state index < -0.39 is 30.9 Å². The Morgan fingerprint density at radius 3 is 2.42 bits per heavy atom. The molecule has 0 spiro atoms. The lowest BCUT2D eigenvalue weighted by Crippen LogP contribution is -2.30. The minimum atomic E-state index is -4.76. The van der Waals surface area contributed by atoms with E-state index in [1.807, 2.05) is 0 Å². The van der Waals surface area contributed by atoms with Crippen molar-refractivity contribution in [2.45, 2.75) is 24.5 Å². The first-order chi connectivity index (χ1) is 8.59. The number of halogens is 1. The van der Waals surface area contributed by atoms with Crippen LogP contribution in [-0.2, 0) is 24.4 Å². The zero-order valence-electron chi connectivity index (χ0n) is 9.98. The van der Waals surface area contributed by atoms with E-state index in [-0.39, 0.29) is 5.88 Å². The maximum absolute atomic E-state index is 11.7. The van der Waals surface area contributed by atoms with Crippen LogP contribution in [0.15, 0.2) is 5.51 Å². The number of aryl methyl sites for hydroxylation is 1. The van der Waals surface area contributed by atoms with Crippen LogP contribution in [0.1, 0.15) is 23.6 Å². The zero-order valence-corrected chi connectivity index (χ0v) is 13.2. The molecule has 0 aliphatic heterocycles. The average Bonchev–Trinajstić information content (AvgIpc) is 2.70. The van der Waals surface area contributed by atoms with Gasteiger partial charge < -0.3 is 0 Å². The maximum Gasteiger partial charge on any atom is 0.287 e. The van der Waals surface area contributed by atoms with Crippen LogP contribution >= 0.6 is 22.9 Å². The summed E-state index contributed by atoms with van der Waals surface area (Å²) in [5.41, 5.74) is 2.04. The summed E-state index contributed by atoms with van der Waals surface area (Å²) in [6, 6.07) is 0. The van der Waals surface area contributed by atoms with Gasteiger partial charge in [-0.1, -0.05) is 0 Å². The molecule has 0 radical (unpaired) electrons. The lowest BCUT2D eigenvalue weighted by Gasteiger charge is -2.16. The second kappa shape index (κ2) is 6.02. The van der Waals surface area contributed by atoms with Crippen LogP contribution in [0.2, 0.25) is 0 Å². The van der Waals surface area contributed by atoms with Crippen molar-refractivity contribution < 1.29 is 25.6 Å². The summed E-state index contributed by atoms with van der Waals surface area (Å²) < 4.78 is 56.6. The number of aromatic nitrogens is 1. The minimum absolute atomic E-state index is 0.194. The molecule has 1 heterocycles. The van der Waals surface area contributed by atoms with E-state index in [2.05, 4.69) is 4.98 Å². The molecule has 0 aromatic carbocycles. The third kappa shape index (κ3) is 4.10. The van der Waals surface area contributed by atoms with E-state index >= 15 is 0 Å². The van der Waals surface area contributed by atoms with Gasteiger partial charge in [-0.3, -0.25) is 8.74 Å². The van der Waals surface area contributed by atoms with E-state index in [9.17, 15) is 16.8 Å². The molecular formula is C8H12ClNO6S3. The summed E-state index contributed by atoms with van der Waals surface area (Å²) in [5.74, 6) is -0.194. The normalized spacial score (nSPS) is 16.2. The van der Waals surface area contributed by atoms with Gasteiger partial charge >= 0.3 is 0 Å². The van der Waals surface area contributed by atoms with Gasteiger partial charge in [0, 0.05) is 0 Å². The first kappa shape index (κ1) is 16.8. The highest BCUT2D eigenvalue weighted by atomic mass is 35.5. The summed E-state index contributed by atoms with van der Waals surface area (Å²) >= 11 is 6.78. The Morgan fingerprint density at radius 2 is 2.05 bits per heavy atom. The van der Waals surface area contributed by atoms with Crippen molar-refractivity contribution in [1.29, 1.82) is 0 Å². The zero-order chi connectivity index (χ0) is 14.8. The smallest absolute Gasteiger partial charge is 0.284 e. The van der Waals surface area contributed by atoms with E-state index in [0.717, 1.165) is 18.3 Å². The molecule has 0 saturated carbocycles. The molecule has 7 nitrogen and oxygen atoms in total. The van der Waals surface area contributed by atoms with Gasteiger partial charge in [0.1, 0.15) is 6.10 Å². The van der Waals surface area contributed by atoms with Crippen LogP contribution in [0.25, 0.3) is 0 Å². The Morgan fingerprint density at radius 1 is 1.47 bits per heavy atom. The number of hydrogen-bond acceptors (Lipinski definition) is 7. The highest BCUT2D eigenvalue weighted by Gasteiger charge is 2.36. The summed E-state index contributed by atoms with van der Waals surface area (Å²) in [6.45, 7) is 2.46. The van der Waals surface area contributed by atoms with Crippen molar-refractivity contribution in [3.63, 3.8) is 0 Å². The first-order valence-electron chi connectivity index (χ1n) is 4.94. The average molecular weight is 350 g/mol. The fourth-order valence-corrected chi connectivity index (χ4v) is 4.40. The molecule has 1 N–H and O–H groups in total. The Hall–Kier alpha value is -0.260. The van der Waals surface area contributed by atoms with Gasteiger partial charge in [-0.05, 0) is 13.8 Å². The van der Waals surface area contributed by atoms with Crippen LogP contribution in [0.3, 0.4) is 0 Å². The van der Waals surface area contributed by atoms with Gasteiger partial charge in [0.05, 0.1) is 22.0 Å². The Balaban J connectivity index is 3.03. The summed E-state index contributed by atoms with van der Waals surface area (Å²) in [7, 11) is -9.28. The van der Waals surface area contributed by atoms with Crippen molar-refractivity contribution in [2.75, 3.05) is 5.88 Å². The quantitative estimate of drug-likeness (QED) is 0.468. The Labute approximate surface area is 120 Å². The van der Waals surface area contributed by atoms with E-state index in [4.69, 9.17) is 20.3 Å². The molecular weight excluding hydrogens is 338 g/mol. The van der Waals surface area contributed by atoms with E-state index in [1.54, 1.807) is 6.92 Å². The van der Waals surface area contributed by atoms with Gasteiger partial charge in [0.2, 0.25) is 4.58 Å². The van der Waals surface area contributed by atoms with Crippen LogP contribution in [0.4, 0.5) is 0 Å². The second-order valence-electron chi connectivity index (χ2n) is 3.62. The van der Waals surface area contributed by atoms with Crippen molar-refractivity contribution in [1.82, 2.24) is 4.98 Å². The van der Waals surface area contributed by atoms with Crippen molar-refractivity contribution in [3.05, 3.63) is 16.1 Å². The molecule has 19 heavy (non-hydrogen) atoms. The number of rotatable bonds is 6. The third-order valence-electron chi connectivity index (χ3n) is 2.29. The maximum atomic E-state index is 11.7. The predicted octanol–water partition coefficient (Wildman–Crippen LogP) is 1.31. The standard InChI is InChI=1S/C8H12ClNO6S3/c1-5-8(17-4-10-5)7(3-9)16-19(14,15)6(2)18(11,12)13/h4,6-7H,3H2,1-2H3,(H,11,12,13). The molecule has 1 rings (SSSR count). The molecule has 11 heteroatoms. The molecule has 2 unspecified atom stereocenters. The summed E-state index contributed by atoms with van der Waals surface area (Å²) in [5, 5.41) is 0. The van der Waals surface area contributed by atoms with Gasteiger partial charge in [-0.2, -0.15) is 16.8 Å². The summed E-state index contributed by atoms with van der Waals surface area (Å²) in [6.07, 6.45) is -1.04. The van der Waals surface area contributed by atoms with Crippen LogP contribution in [0, 0.1) is 6.92 Å². The molecule has 1 aromatic heterocycles. The number of thiazole rings is 1. The molecule has 0 fully saturated rings. The SMILES string of the molecule is Cc1ncsc1C(CCl)OS(=O)(=O)C(C)S(=O)(=O)O. The highest BCUT2D eigenvalue weighted by molar-refractivity contribution is 8.04. The molecule has 0 amide bonds. The minimum Gasteiger partial charge on any atom is -0.284 e. The predicted molar refractivity (Wildman–Crippen MR) is 71.3 cm³/mol. The Kier molecular flexibility index (Phi) is 5.32. The van der Waals surface area contributed by atoms with Gasteiger partial charge in [0.15, 0.2) is 0 Å². The molecule has 0 bridgehead atoms. The molecule has 0 aliphatic rings. The number of alkyl halides is 1. The second-order valence-corrected chi connectivity index (χ2v) is 8.73. The van der Waals surface area contributed by atoms with Gasteiger partial charge in [-0.25, -0.2) is 4.98 Å². The van der Waals surface area contributed by atoms with Crippen molar-refractivity contribution >= 4 is 43.2 Å². The molecule has 0 saturated heterocycles. The number of nitrogens with zero attached hydrogens (tertiary/aromatic N) is 1. The fourth-order valence-electron chi connectivity index (χ4n) is 1.15. The fraction of sp³-hybridized carbons (Fsp3) is 0.625. The van der Waals surface area contributed by atoms with Crippen LogP contribution < -0.4 is 0 Å². The Bertz CT molecular complexity index is 637. The first-order valence-corrected chi connectivity index (χ1v) is 9.32. The van der Waals surface area contributed by atoms with E-state index in [0.29, 0.717) is 10.6 Å². The third-order valence-corrected chi connectivity index (χ3v) is 7.18. The molecule has 0 aliphatic carbocycles. The lowest BCUT2D eigenvalue weighted by molar-refractivity contribution is 0.238. The molecule has 2 atom stereocenters. The van der Waals surface area contributed by atoms with Crippen LogP contribution in [0.5, 0.6) is 0 Å². The van der Waals surface area contributed by atoms with Gasteiger partial charge in [0.25, 0.3) is 20.2 Å². The molecule has 110 valence electrons. The highest BCUT2D eigenvalue weighted by Crippen LogP contribution is 2.29. The topological polar surface area (TPSA) is 111 Å². The van der Waals surface area contributed by atoms with Crippen LogP contribution in [-0.4, -0.2) is 36.8 Å². The summed E-state index contributed by atoms with van der Waals surface area (Å²) in [4.78, 5) is 4.41. The molecule has 1 aromatic rings.